The average molecular weight is 341 g/mol. The third-order valence-electron chi connectivity index (χ3n) is 5.57. The molecule has 6 nitrogen and oxygen atoms in total. The van der Waals surface area contributed by atoms with Crippen molar-refractivity contribution in [1.29, 1.82) is 0 Å². The lowest BCUT2D eigenvalue weighted by Crippen LogP contribution is -2.41. The lowest BCUT2D eigenvalue weighted by Gasteiger charge is -2.38. The van der Waals surface area contributed by atoms with Gasteiger partial charge in [-0.3, -0.25) is 4.90 Å². The summed E-state index contributed by atoms with van der Waals surface area (Å²) in [5.74, 6) is -1.05. The van der Waals surface area contributed by atoms with Gasteiger partial charge in [-0.2, -0.15) is 4.98 Å². The van der Waals surface area contributed by atoms with Crippen molar-refractivity contribution in [3.8, 4) is 0 Å². The summed E-state index contributed by atoms with van der Waals surface area (Å²) in [6, 6.07) is 11.1. The number of hydrogen-bond donors (Lipinski definition) is 1. The standard InChI is InChI=1S/C19H23N3O3/c23-17(24)16-13-25-18(20-16)22-10-7-19(8-11-22)6-9-21(14-19)12-15-4-2-1-3-5-15/h1-5,13H,6-12,14H2,(H,23,24). The molecule has 2 saturated heterocycles. The Bertz CT molecular complexity index is 735. The van der Waals surface area contributed by atoms with Gasteiger partial charge in [0.2, 0.25) is 0 Å². The molecule has 0 bridgehead atoms. The van der Waals surface area contributed by atoms with Gasteiger partial charge in [-0.15, -0.1) is 0 Å². The minimum atomic E-state index is -1.05. The number of carbonyl (C=O) groups is 1. The molecule has 0 radical (unpaired) electrons. The molecule has 0 unspecified atom stereocenters. The maximum Gasteiger partial charge on any atom is 0.357 e. The topological polar surface area (TPSA) is 69.8 Å². The molecule has 6 heteroatoms. The molecule has 1 N–H and O–H groups in total. The maximum absolute atomic E-state index is 10.9. The van der Waals surface area contributed by atoms with Crippen molar-refractivity contribution in [2.45, 2.75) is 25.8 Å². The molecular weight excluding hydrogens is 318 g/mol. The normalized spacial score (nSPS) is 20.2. The molecule has 1 aromatic carbocycles. The molecule has 2 aromatic rings. The zero-order valence-corrected chi connectivity index (χ0v) is 14.2. The Kier molecular flexibility index (Phi) is 4.21. The highest BCUT2D eigenvalue weighted by atomic mass is 16.4. The van der Waals surface area contributed by atoms with Gasteiger partial charge in [0.05, 0.1) is 0 Å². The summed E-state index contributed by atoms with van der Waals surface area (Å²) in [6.45, 7) is 5.06. The van der Waals surface area contributed by atoms with Crippen LogP contribution in [0.4, 0.5) is 6.01 Å². The minimum Gasteiger partial charge on any atom is -0.476 e. The van der Waals surface area contributed by atoms with Crippen molar-refractivity contribution in [1.82, 2.24) is 9.88 Å². The third kappa shape index (κ3) is 3.39. The Morgan fingerprint density at radius 2 is 1.88 bits per heavy atom. The van der Waals surface area contributed by atoms with Gasteiger partial charge in [0.15, 0.2) is 5.69 Å². The van der Waals surface area contributed by atoms with E-state index in [1.165, 1.54) is 18.2 Å². The van der Waals surface area contributed by atoms with Gasteiger partial charge in [0, 0.05) is 26.2 Å². The van der Waals surface area contributed by atoms with Gasteiger partial charge in [-0.25, -0.2) is 4.79 Å². The Hall–Kier alpha value is -2.34. The van der Waals surface area contributed by atoms with E-state index in [0.717, 1.165) is 45.6 Å². The molecule has 0 aliphatic carbocycles. The summed E-state index contributed by atoms with van der Waals surface area (Å²) in [4.78, 5) is 19.6. The molecule has 25 heavy (non-hydrogen) atoms. The first-order valence-corrected chi connectivity index (χ1v) is 8.84. The van der Waals surface area contributed by atoms with Crippen LogP contribution in [0.3, 0.4) is 0 Å². The lowest BCUT2D eigenvalue weighted by atomic mass is 9.78. The Morgan fingerprint density at radius 1 is 1.16 bits per heavy atom. The van der Waals surface area contributed by atoms with Crippen LogP contribution >= 0.6 is 0 Å². The lowest BCUT2D eigenvalue weighted by molar-refractivity contribution is 0.0690. The van der Waals surface area contributed by atoms with Crippen LogP contribution in [0.5, 0.6) is 0 Å². The van der Waals surface area contributed by atoms with E-state index in [9.17, 15) is 4.79 Å². The Morgan fingerprint density at radius 3 is 2.56 bits per heavy atom. The highest BCUT2D eigenvalue weighted by molar-refractivity contribution is 5.85. The van der Waals surface area contributed by atoms with Crippen molar-refractivity contribution < 1.29 is 14.3 Å². The summed E-state index contributed by atoms with van der Waals surface area (Å²) in [5, 5.41) is 8.97. The fourth-order valence-corrected chi connectivity index (χ4v) is 4.09. The molecule has 1 aromatic heterocycles. The van der Waals surface area contributed by atoms with Gasteiger partial charge in [-0.05, 0) is 36.8 Å². The number of anilines is 1. The van der Waals surface area contributed by atoms with Gasteiger partial charge in [0.1, 0.15) is 6.26 Å². The molecule has 2 aliphatic heterocycles. The predicted octanol–water partition coefficient (Wildman–Crippen LogP) is 2.87. The molecular formula is C19H23N3O3. The number of hydrogen-bond acceptors (Lipinski definition) is 5. The third-order valence-corrected chi connectivity index (χ3v) is 5.57. The first-order chi connectivity index (χ1) is 12.1. The molecule has 0 saturated carbocycles. The molecule has 132 valence electrons. The predicted molar refractivity (Wildman–Crippen MR) is 93.7 cm³/mol. The summed E-state index contributed by atoms with van der Waals surface area (Å²) < 4.78 is 5.34. The van der Waals surface area contributed by atoms with E-state index >= 15 is 0 Å². The number of rotatable bonds is 4. The second-order valence-electron chi connectivity index (χ2n) is 7.25. The van der Waals surface area contributed by atoms with Crippen molar-refractivity contribution in [3.63, 3.8) is 0 Å². The highest BCUT2D eigenvalue weighted by Gasteiger charge is 2.41. The minimum absolute atomic E-state index is 0.0230. The average Bonchev–Trinajstić information content (AvgIpc) is 3.25. The van der Waals surface area contributed by atoms with Crippen LogP contribution in [0.15, 0.2) is 41.0 Å². The number of likely N-dealkylation sites (tertiary alicyclic amines) is 1. The second kappa shape index (κ2) is 6.52. The number of piperidine rings is 1. The van der Waals surface area contributed by atoms with Crippen LogP contribution in [-0.2, 0) is 6.54 Å². The first kappa shape index (κ1) is 16.1. The number of nitrogens with zero attached hydrogens (tertiary/aromatic N) is 3. The van der Waals surface area contributed by atoms with E-state index in [1.54, 1.807) is 0 Å². The van der Waals surface area contributed by atoms with Crippen molar-refractivity contribution in [2.24, 2.45) is 5.41 Å². The second-order valence-corrected chi connectivity index (χ2v) is 7.25. The van der Waals surface area contributed by atoms with Gasteiger partial charge in [0.25, 0.3) is 6.01 Å². The number of carboxylic acid groups (broad SMARTS) is 1. The van der Waals surface area contributed by atoms with Crippen LogP contribution in [0, 0.1) is 5.41 Å². The molecule has 2 aliphatic rings. The van der Waals surface area contributed by atoms with Crippen LogP contribution in [0.2, 0.25) is 0 Å². The maximum atomic E-state index is 10.9. The Balaban J connectivity index is 1.34. The number of aromatic carboxylic acids is 1. The highest BCUT2D eigenvalue weighted by Crippen LogP contribution is 2.41. The van der Waals surface area contributed by atoms with Gasteiger partial charge >= 0.3 is 5.97 Å². The number of benzene rings is 1. The molecule has 1 spiro atoms. The first-order valence-electron chi connectivity index (χ1n) is 8.84. The Labute approximate surface area is 147 Å². The molecule has 2 fully saturated rings. The summed E-state index contributed by atoms with van der Waals surface area (Å²) in [5.41, 5.74) is 1.73. The van der Waals surface area contributed by atoms with Crippen molar-refractivity contribution in [3.05, 3.63) is 47.9 Å². The zero-order valence-electron chi connectivity index (χ0n) is 14.2. The quantitative estimate of drug-likeness (QED) is 0.922. The van der Waals surface area contributed by atoms with Gasteiger partial charge in [-0.1, -0.05) is 30.3 Å². The van der Waals surface area contributed by atoms with E-state index in [1.807, 2.05) is 0 Å². The molecule has 4 rings (SSSR count). The van der Waals surface area contributed by atoms with Crippen LogP contribution in [0.25, 0.3) is 0 Å². The smallest absolute Gasteiger partial charge is 0.357 e. The number of carboxylic acids is 1. The fraction of sp³-hybridized carbons (Fsp3) is 0.474. The van der Waals surface area contributed by atoms with Crippen LogP contribution < -0.4 is 4.90 Å². The monoisotopic (exact) mass is 341 g/mol. The van der Waals surface area contributed by atoms with Gasteiger partial charge < -0.3 is 14.4 Å². The van der Waals surface area contributed by atoms with E-state index in [-0.39, 0.29) is 5.69 Å². The zero-order chi connectivity index (χ0) is 17.3. The SMILES string of the molecule is O=C(O)c1coc(N2CCC3(CCN(Cc4ccccc4)C3)CC2)n1. The molecule has 0 amide bonds. The van der Waals surface area contributed by atoms with E-state index in [4.69, 9.17) is 9.52 Å². The summed E-state index contributed by atoms with van der Waals surface area (Å²) in [6.07, 6.45) is 4.66. The van der Waals surface area contributed by atoms with E-state index < -0.39 is 5.97 Å². The van der Waals surface area contributed by atoms with Crippen molar-refractivity contribution >= 4 is 12.0 Å². The number of aromatic nitrogens is 1. The summed E-state index contributed by atoms with van der Waals surface area (Å²) >= 11 is 0. The van der Waals surface area contributed by atoms with E-state index in [2.05, 4.69) is 45.1 Å². The fourth-order valence-electron chi connectivity index (χ4n) is 4.09. The largest absolute Gasteiger partial charge is 0.476 e. The number of oxazole rings is 1. The van der Waals surface area contributed by atoms with E-state index in [0.29, 0.717) is 11.4 Å². The summed E-state index contributed by atoms with van der Waals surface area (Å²) in [7, 11) is 0. The molecule has 3 heterocycles. The molecule has 0 atom stereocenters. The van der Waals surface area contributed by atoms with Crippen LogP contribution in [-0.4, -0.2) is 47.1 Å². The van der Waals surface area contributed by atoms with Crippen molar-refractivity contribution in [2.75, 3.05) is 31.1 Å². The van der Waals surface area contributed by atoms with Crippen LogP contribution in [0.1, 0.15) is 35.3 Å².